The van der Waals surface area contributed by atoms with Gasteiger partial charge in [0, 0.05) is 14.1 Å². The summed E-state index contributed by atoms with van der Waals surface area (Å²) in [6.07, 6.45) is -4.75. The summed E-state index contributed by atoms with van der Waals surface area (Å²) in [4.78, 5) is 48.7. The number of anilines is 1. The van der Waals surface area contributed by atoms with Crippen LogP contribution in [0.1, 0.15) is 6.23 Å². The molecular formula is C12H20N5O13P3S. The van der Waals surface area contributed by atoms with Crippen LogP contribution in [-0.2, 0) is 31.6 Å². The normalized spacial score (nSPS) is 26.9. The number of rotatable bonds is 9. The number of hydrogen-bond donors (Lipinski definition) is 7. The molecule has 1 aliphatic heterocycles. The first kappa shape index (κ1) is 27.4. The monoisotopic (exact) mass is 567 g/mol. The van der Waals surface area contributed by atoms with Crippen molar-refractivity contribution in [2.24, 2.45) is 0 Å². The molecule has 0 amide bonds. The number of H-pyrrole nitrogens is 1. The molecule has 34 heavy (non-hydrogen) atoms. The van der Waals surface area contributed by atoms with E-state index in [4.69, 9.17) is 26.7 Å². The molecule has 192 valence electrons. The van der Waals surface area contributed by atoms with Crippen molar-refractivity contribution >= 4 is 52.8 Å². The van der Waals surface area contributed by atoms with Crippen LogP contribution in [0, 0.1) is 4.64 Å². The van der Waals surface area contributed by atoms with Gasteiger partial charge in [0.15, 0.2) is 10.9 Å². The average molecular weight is 567 g/mol. The predicted octanol–water partition coefficient (Wildman–Crippen LogP) is -0.483. The Bertz CT molecular complexity index is 1260. The maximum Gasteiger partial charge on any atom is 0.490 e. The summed E-state index contributed by atoms with van der Waals surface area (Å²) in [5.74, 6) is 0.358. The number of aromatic amines is 1. The number of nitrogens with zero attached hydrogens (tertiary/aromatic N) is 4. The van der Waals surface area contributed by atoms with E-state index in [1.54, 1.807) is 19.0 Å². The van der Waals surface area contributed by atoms with Gasteiger partial charge in [-0.1, -0.05) is 12.2 Å². The molecule has 2 aromatic rings. The van der Waals surface area contributed by atoms with Crippen molar-refractivity contribution < 1.29 is 61.4 Å². The number of phosphoric ester groups is 1. The number of ether oxygens (including phenoxy) is 1. The highest BCUT2D eigenvalue weighted by Gasteiger charge is 2.47. The highest BCUT2D eigenvalue weighted by molar-refractivity contribution is 7.71. The van der Waals surface area contributed by atoms with E-state index in [0.717, 1.165) is 0 Å². The van der Waals surface area contributed by atoms with Crippen molar-refractivity contribution in [1.82, 2.24) is 19.5 Å². The van der Waals surface area contributed by atoms with Gasteiger partial charge in [-0.15, -0.1) is 0 Å². The smallest absolute Gasteiger partial charge is 0.387 e. The lowest BCUT2D eigenvalue weighted by atomic mass is 10.1. The van der Waals surface area contributed by atoms with Crippen LogP contribution in [0.4, 0.5) is 5.95 Å². The van der Waals surface area contributed by atoms with E-state index < -0.39 is 54.6 Å². The number of aliphatic hydroxyl groups excluding tert-OH is 2. The van der Waals surface area contributed by atoms with Gasteiger partial charge in [0.1, 0.15) is 29.5 Å². The maximum absolute atomic E-state index is 11.9. The Labute approximate surface area is 195 Å². The number of nitrogens with one attached hydrogen (secondary N) is 1. The molecule has 3 heterocycles. The Kier molecular flexibility index (Phi) is 7.85. The molecule has 0 aliphatic carbocycles. The minimum absolute atomic E-state index is 0.147. The molecule has 2 unspecified atom stereocenters. The molecule has 0 aromatic carbocycles. The van der Waals surface area contributed by atoms with Gasteiger partial charge in [-0.3, -0.25) is 9.09 Å². The molecule has 1 saturated heterocycles. The Balaban J connectivity index is 1.76. The molecule has 3 rings (SSSR count). The third-order valence-corrected chi connectivity index (χ3v) is 8.37. The zero-order chi connectivity index (χ0) is 25.6. The Morgan fingerprint density at radius 3 is 2.38 bits per heavy atom. The van der Waals surface area contributed by atoms with E-state index in [9.17, 15) is 33.7 Å². The quantitative estimate of drug-likeness (QED) is 0.149. The Morgan fingerprint density at radius 2 is 1.79 bits per heavy atom. The van der Waals surface area contributed by atoms with Gasteiger partial charge in [0.2, 0.25) is 5.95 Å². The molecule has 1 aliphatic rings. The fraction of sp³-hybridized carbons (Fsp3) is 0.583. The molecule has 0 bridgehead atoms. The minimum Gasteiger partial charge on any atom is -0.387 e. The molecule has 6 atom stereocenters. The van der Waals surface area contributed by atoms with Gasteiger partial charge in [0.05, 0.1) is 12.9 Å². The van der Waals surface area contributed by atoms with Gasteiger partial charge >= 0.3 is 23.5 Å². The van der Waals surface area contributed by atoms with E-state index in [0.29, 0.717) is 5.95 Å². The lowest BCUT2D eigenvalue weighted by Gasteiger charge is -2.19. The molecule has 18 nitrogen and oxygen atoms in total. The maximum atomic E-state index is 11.9. The van der Waals surface area contributed by atoms with E-state index in [-0.39, 0.29) is 15.8 Å². The van der Waals surface area contributed by atoms with Gasteiger partial charge < -0.3 is 44.4 Å². The summed E-state index contributed by atoms with van der Waals surface area (Å²) in [6.45, 7) is -0.953. The van der Waals surface area contributed by atoms with Crippen LogP contribution in [0.25, 0.3) is 11.2 Å². The largest absolute Gasteiger partial charge is 0.490 e. The van der Waals surface area contributed by atoms with E-state index in [1.165, 1.54) is 10.9 Å². The number of imidazole rings is 1. The summed E-state index contributed by atoms with van der Waals surface area (Å²) < 4.78 is 52.6. The standard InChI is InChI=1S/C12H20N5O13P3S/c1-16(2)12-14-9-6(10(34)15-12)13-4-17(9)11-8(19)7(18)5(28-11)3-27-32(23,24)30-33(25,26)29-31(20,21)22/h4-5,7-8,11,18-19H,3H2,1-2H3,(H,23,24)(H,25,26)(H,14,15,34)(H2,20,21,22)/t5-,7-,8-,11-/m1/s1. The van der Waals surface area contributed by atoms with Crippen LogP contribution in [0.3, 0.4) is 0 Å². The molecule has 2 aromatic heterocycles. The lowest BCUT2D eigenvalue weighted by Crippen LogP contribution is -2.33. The second kappa shape index (κ2) is 9.72. The zero-order valence-corrected chi connectivity index (χ0v) is 20.7. The van der Waals surface area contributed by atoms with Crippen LogP contribution in [0.2, 0.25) is 0 Å². The molecular weight excluding hydrogens is 547 g/mol. The van der Waals surface area contributed by atoms with E-state index in [1.807, 2.05) is 0 Å². The Hall–Kier alpha value is -1.14. The molecule has 1 fully saturated rings. The number of aliphatic hydroxyl groups is 2. The first-order valence-electron chi connectivity index (χ1n) is 8.94. The third-order valence-electron chi connectivity index (χ3n) is 4.29. The van der Waals surface area contributed by atoms with E-state index >= 15 is 0 Å². The van der Waals surface area contributed by atoms with Crippen LogP contribution >= 0.6 is 35.7 Å². The highest BCUT2D eigenvalue weighted by Crippen LogP contribution is 2.66. The summed E-state index contributed by atoms with van der Waals surface area (Å²) in [5, 5.41) is 20.7. The molecule has 0 spiro atoms. The van der Waals surface area contributed by atoms with Gasteiger partial charge in [-0.25, -0.2) is 23.7 Å². The van der Waals surface area contributed by atoms with Crippen molar-refractivity contribution in [1.29, 1.82) is 0 Å². The highest BCUT2D eigenvalue weighted by atomic mass is 32.1. The lowest BCUT2D eigenvalue weighted by molar-refractivity contribution is -0.0503. The summed E-state index contributed by atoms with van der Waals surface area (Å²) in [5.41, 5.74) is 0.552. The second-order valence-electron chi connectivity index (χ2n) is 7.04. The fourth-order valence-electron chi connectivity index (χ4n) is 2.90. The van der Waals surface area contributed by atoms with Crippen LogP contribution in [-0.4, -0.2) is 88.3 Å². The van der Waals surface area contributed by atoms with Gasteiger partial charge in [-0.2, -0.15) is 8.62 Å². The Morgan fingerprint density at radius 1 is 1.15 bits per heavy atom. The molecule has 7 N–H and O–H groups in total. The van der Waals surface area contributed by atoms with Gasteiger partial charge in [0.25, 0.3) is 0 Å². The predicted molar refractivity (Wildman–Crippen MR) is 113 cm³/mol. The number of hydrogen-bond acceptors (Lipinski definition) is 13. The van der Waals surface area contributed by atoms with Crippen LogP contribution in [0.5, 0.6) is 0 Å². The number of aromatic nitrogens is 4. The topological polar surface area (TPSA) is 259 Å². The molecule has 0 saturated carbocycles. The molecule has 22 heteroatoms. The van der Waals surface area contributed by atoms with Crippen molar-refractivity contribution in [2.75, 3.05) is 25.6 Å². The minimum atomic E-state index is -5.71. The summed E-state index contributed by atoms with van der Waals surface area (Å²) in [7, 11) is -13.3. The van der Waals surface area contributed by atoms with Crippen LogP contribution < -0.4 is 4.90 Å². The first-order valence-corrected chi connectivity index (χ1v) is 13.9. The SMILES string of the molecule is CN(C)c1nc(=S)c2ncn([C@@H]3O[C@H](COP(=O)(O)OP(=O)(O)OP(=O)(O)O)[C@@H](O)[C@H]3O)c2[nH]1. The van der Waals surface area contributed by atoms with E-state index in [2.05, 4.69) is 28.1 Å². The van der Waals surface area contributed by atoms with Gasteiger partial charge in [-0.05, 0) is 0 Å². The molecule has 0 radical (unpaired) electrons. The fourth-order valence-corrected chi connectivity index (χ4v) is 6.16. The first-order chi connectivity index (χ1) is 15.5. The number of phosphoric acid groups is 3. The van der Waals surface area contributed by atoms with Crippen molar-refractivity contribution in [2.45, 2.75) is 24.5 Å². The second-order valence-corrected chi connectivity index (χ2v) is 11.8. The third kappa shape index (κ3) is 6.34. The number of fused-ring (bicyclic) bond motifs is 1. The zero-order valence-electron chi connectivity index (χ0n) is 17.2. The van der Waals surface area contributed by atoms with Crippen molar-refractivity contribution in [3.05, 3.63) is 11.0 Å². The van der Waals surface area contributed by atoms with Crippen molar-refractivity contribution in [3.63, 3.8) is 0 Å². The summed E-state index contributed by atoms with van der Waals surface area (Å²) >= 11 is 5.20. The average Bonchev–Trinajstić information content (AvgIpc) is 3.19. The van der Waals surface area contributed by atoms with Crippen molar-refractivity contribution in [3.8, 4) is 0 Å². The summed E-state index contributed by atoms with van der Waals surface area (Å²) in [6, 6.07) is 0. The van der Waals surface area contributed by atoms with Crippen LogP contribution in [0.15, 0.2) is 6.33 Å².